The highest BCUT2D eigenvalue weighted by Gasteiger charge is 2.30. The maximum Gasteiger partial charge on any atom is 0.235 e. The zero-order valence-corrected chi connectivity index (χ0v) is 13.1. The van der Waals surface area contributed by atoms with Crippen LogP contribution >= 0.6 is 0 Å². The van der Waals surface area contributed by atoms with Gasteiger partial charge in [-0.1, -0.05) is 31.2 Å². The van der Waals surface area contributed by atoms with Crippen molar-refractivity contribution in [3.05, 3.63) is 35.4 Å². The Morgan fingerprint density at radius 2 is 1.95 bits per heavy atom. The summed E-state index contributed by atoms with van der Waals surface area (Å²) in [6.07, 6.45) is 1.17. The van der Waals surface area contributed by atoms with Crippen molar-refractivity contribution in [2.45, 2.75) is 32.4 Å². The standard InChI is InChI=1S/C15H22N2O3S/c1-2-8-21(19,20)9-7-17-11-13-6-4-3-5-12(13)10-14(17)15(16)18/h3-6,14H,2,7-11H2,1H3,(H2,16,18)/t14-/m0/s1. The van der Waals surface area contributed by atoms with E-state index in [1.165, 1.54) is 0 Å². The van der Waals surface area contributed by atoms with E-state index in [1.54, 1.807) is 0 Å². The summed E-state index contributed by atoms with van der Waals surface area (Å²) >= 11 is 0. The maximum atomic E-state index is 11.9. The van der Waals surface area contributed by atoms with Crippen molar-refractivity contribution in [3.63, 3.8) is 0 Å². The van der Waals surface area contributed by atoms with E-state index in [4.69, 9.17) is 5.73 Å². The van der Waals surface area contributed by atoms with Gasteiger partial charge in [0.05, 0.1) is 11.8 Å². The van der Waals surface area contributed by atoms with Gasteiger partial charge in [0, 0.05) is 18.8 Å². The van der Waals surface area contributed by atoms with Crippen LogP contribution in [0.1, 0.15) is 24.5 Å². The van der Waals surface area contributed by atoms with Crippen molar-refractivity contribution < 1.29 is 13.2 Å². The van der Waals surface area contributed by atoms with E-state index < -0.39 is 21.8 Å². The number of hydrogen-bond donors (Lipinski definition) is 1. The molecule has 0 saturated carbocycles. The third-order valence-corrected chi connectivity index (χ3v) is 5.71. The molecule has 0 spiro atoms. The van der Waals surface area contributed by atoms with Crippen molar-refractivity contribution >= 4 is 15.7 Å². The zero-order valence-electron chi connectivity index (χ0n) is 12.3. The van der Waals surface area contributed by atoms with Crippen molar-refractivity contribution in [2.24, 2.45) is 5.73 Å². The molecule has 0 aromatic heterocycles. The van der Waals surface area contributed by atoms with Crippen LogP contribution in [0.4, 0.5) is 0 Å². The Kier molecular flexibility index (Phi) is 5.00. The number of primary amides is 1. The summed E-state index contributed by atoms with van der Waals surface area (Å²) in [5.74, 6) is -0.122. The first kappa shape index (κ1) is 16.0. The summed E-state index contributed by atoms with van der Waals surface area (Å²) in [5, 5.41) is 0. The second kappa shape index (κ2) is 6.58. The number of carbonyl (C=O) groups excluding carboxylic acids is 1. The number of fused-ring (bicyclic) bond motifs is 1. The van der Waals surface area contributed by atoms with Gasteiger partial charge in [-0.3, -0.25) is 9.69 Å². The molecule has 0 bridgehead atoms. The molecular formula is C15H22N2O3S. The fraction of sp³-hybridized carbons (Fsp3) is 0.533. The van der Waals surface area contributed by atoms with E-state index in [9.17, 15) is 13.2 Å². The summed E-state index contributed by atoms with van der Waals surface area (Å²) in [7, 11) is -3.05. The lowest BCUT2D eigenvalue weighted by Gasteiger charge is -2.34. The van der Waals surface area contributed by atoms with E-state index >= 15 is 0 Å². The Hall–Kier alpha value is -1.40. The minimum atomic E-state index is -3.05. The molecule has 2 N–H and O–H groups in total. The third kappa shape index (κ3) is 4.04. The zero-order chi connectivity index (χ0) is 15.5. The van der Waals surface area contributed by atoms with Crippen LogP contribution < -0.4 is 5.73 Å². The molecule has 1 aliphatic rings. The highest BCUT2D eigenvalue weighted by molar-refractivity contribution is 7.91. The molecule has 2 rings (SSSR count). The Bertz CT molecular complexity index is 613. The Morgan fingerprint density at radius 1 is 1.29 bits per heavy atom. The molecule has 1 atom stereocenters. The van der Waals surface area contributed by atoms with E-state index in [2.05, 4.69) is 0 Å². The van der Waals surface area contributed by atoms with Crippen LogP contribution in [0, 0.1) is 0 Å². The molecule has 0 saturated heterocycles. The van der Waals surface area contributed by atoms with Crippen molar-refractivity contribution in [1.82, 2.24) is 4.90 Å². The molecule has 1 heterocycles. The van der Waals surface area contributed by atoms with Crippen LogP contribution in [0.2, 0.25) is 0 Å². The highest BCUT2D eigenvalue weighted by atomic mass is 32.2. The summed E-state index contributed by atoms with van der Waals surface area (Å²) < 4.78 is 23.7. The fourth-order valence-electron chi connectivity index (χ4n) is 2.76. The summed E-state index contributed by atoms with van der Waals surface area (Å²) in [4.78, 5) is 13.5. The highest BCUT2D eigenvalue weighted by Crippen LogP contribution is 2.23. The van der Waals surface area contributed by atoms with Gasteiger partial charge in [0.2, 0.25) is 5.91 Å². The Morgan fingerprint density at radius 3 is 2.57 bits per heavy atom. The summed E-state index contributed by atoms with van der Waals surface area (Å²) in [6, 6.07) is 7.49. The van der Waals surface area contributed by atoms with Crippen molar-refractivity contribution in [3.8, 4) is 0 Å². The van der Waals surface area contributed by atoms with E-state index in [-0.39, 0.29) is 11.5 Å². The molecule has 0 radical (unpaired) electrons. The molecule has 0 aliphatic carbocycles. The van der Waals surface area contributed by atoms with E-state index in [0.29, 0.717) is 25.9 Å². The fourth-order valence-corrected chi connectivity index (χ4v) is 4.10. The predicted molar refractivity (Wildman–Crippen MR) is 82.5 cm³/mol. The molecule has 0 unspecified atom stereocenters. The monoisotopic (exact) mass is 310 g/mol. The lowest BCUT2D eigenvalue weighted by molar-refractivity contribution is -0.123. The van der Waals surface area contributed by atoms with Gasteiger partial charge in [-0.15, -0.1) is 0 Å². The second-order valence-corrected chi connectivity index (χ2v) is 7.82. The topological polar surface area (TPSA) is 80.5 Å². The normalized spacial score (nSPS) is 19.2. The van der Waals surface area contributed by atoms with Crippen LogP contribution in [0.5, 0.6) is 0 Å². The molecule has 0 fully saturated rings. The quantitative estimate of drug-likeness (QED) is 0.839. The van der Waals surface area contributed by atoms with Gasteiger partial charge in [-0.05, 0) is 24.0 Å². The van der Waals surface area contributed by atoms with Crippen molar-refractivity contribution in [2.75, 3.05) is 18.1 Å². The SMILES string of the molecule is CCCS(=O)(=O)CCN1Cc2ccccc2C[C@H]1C(N)=O. The Balaban J connectivity index is 2.12. The minimum Gasteiger partial charge on any atom is -0.368 e. The largest absolute Gasteiger partial charge is 0.368 e. The van der Waals surface area contributed by atoms with Gasteiger partial charge < -0.3 is 5.73 Å². The molecular weight excluding hydrogens is 288 g/mol. The van der Waals surface area contributed by atoms with Crippen LogP contribution in [-0.2, 0) is 27.6 Å². The van der Waals surface area contributed by atoms with Crippen LogP contribution in [0.25, 0.3) is 0 Å². The average molecular weight is 310 g/mol. The lowest BCUT2D eigenvalue weighted by Crippen LogP contribution is -2.49. The van der Waals surface area contributed by atoms with Crippen LogP contribution in [0.15, 0.2) is 24.3 Å². The molecule has 1 aliphatic heterocycles. The van der Waals surface area contributed by atoms with E-state index in [1.807, 2.05) is 36.1 Å². The van der Waals surface area contributed by atoms with Gasteiger partial charge in [0.25, 0.3) is 0 Å². The van der Waals surface area contributed by atoms with Gasteiger partial charge in [0.15, 0.2) is 9.84 Å². The molecule has 5 nitrogen and oxygen atoms in total. The molecule has 1 amide bonds. The number of carbonyl (C=O) groups is 1. The maximum absolute atomic E-state index is 11.9. The average Bonchev–Trinajstić information content (AvgIpc) is 2.44. The predicted octanol–water partition coefficient (Wildman–Crippen LogP) is 0.723. The number of amides is 1. The van der Waals surface area contributed by atoms with Crippen molar-refractivity contribution in [1.29, 1.82) is 0 Å². The smallest absolute Gasteiger partial charge is 0.235 e. The first-order valence-electron chi connectivity index (χ1n) is 7.23. The van der Waals surface area contributed by atoms with E-state index in [0.717, 1.165) is 11.1 Å². The summed E-state index contributed by atoms with van der Waals surface area (Å²) in [6.45, 7) is 2.77. The lowest BCUT2D eigenvalue weighted by atomic mass is 9.94. The number of rotatable bonds is 6. The number of nitrogens with zero attached hydrogens (tertiary/aromatic N) is 1. The number of benzene rings is 1. The number of hydrogen-bond acceptors (Lipinski definition) is 4. The molecule has 116 valence electrons. The number of nitrogens with two attached hydrogens (primary N) is 1. The Labute approximate surface area is 126 Å². The van der Waals surface area contributed by atoms with Gasteiger partial charge >= 0.3 is 0 Å². The molecule has 1 aromatic rings. The first-order valence-corrected chi connectivity index (χ1v) is 9.05. The molecule has 21 heavy (non-hydrogen) atoms. The number of sulfone groups is 1. The third-order valence-electron chi connectivity index (χ3n) is 3.88. The van der Waals surface area contributed by atoms with Crippen LogP contribution in [-0.4, -0.2) is 43.3 Å². The first-order chi connectivity index (χ1) is 9.93. The molecule has 1 aromatic carbocycles. The van der Waals surface area contributed by atoms with Crippen LogP contribution in [0.3, 0.4) is 0 Å². The van der Waals surface area contributed by atoms with Gasteiger partial charge in [-0.25, -0.2) is 8.42 Å². The van der Waals surface area contributed by atoms with Gasteiger partial charge in [0.1, 0.15) is 0 Å². The summed E-state index contributed by atoms with van der Waals surface area (Å²) in [5.41, 5.74) is 7.74. The minimum absolute atomic E-state index is 0.0762. The van der Waals surface area contributed by atoms with Gasteiger partial charge in [-0.2, -0.15) is 0 Å². The second-order valence-electron chi connectivity index (χ2n) is 5.51. The molecule has 6 heteroatoms.